The molecule has 0 spiro atoms. The molecule has 0 aliphatic heterocycles. The summed E-state index contributed by atoms with van der Waals surface area (Å²) in [7, 11) is -5.41. The summed E-state index contributed by atoms with van der Waals surface area (Å²) in [6.45, 7) is 0. The molecule has 6 heteroatoms. The van der Waals surface area contributed by atoms with Crippen molar-refractivity contribution in [1.29, 1.82) is 0 Å². The summed E-state index contributed by atoms with van der Waals surface area (Å²) in [6.07, 6.45) is 0. The fourth-order valence-electron chi connectivity index (χ4n) is 0. The van der Waals surface area contributed by atoms with Crippen molar-refractivity contribution in [2.24, 2.45) is 0 Å². The molecule has 0 aromatic carbocycles. The summed E-state index contributed by atoms with van der Waals surface area (Å²) < 4.78 is 48.1. The molecule has 0 heterocycles. The molecule has 2 nitrogen and oxygen atoms in total. The van der Waals surface area contributed by atoms with Crippen molar-refractivity contribution < 1.29 is 21.4 Å². The second kappa shape index (κ2) is 1.71. The predicted molar refractivity (Wildman–Crippen MR) is 19.1 cm³/mol. The number of hydrogen-bond acceptors (Lipinski definition) is 1. The number of halogens is 3. The molecule has 0 aliphatic rings. The van der Waals surface area contributed by atoms with Crippen LogP contribution >= 0.6 is 0 Å². The summed E-state index contributed by atoms with van der Waals surface area (Å²) in [4.78, 5) is 0. The van der Waals surface area contributed by atoms with Crippen LogP contribution in [-0.4, -0.2) is 14.1 Å². The predicted octanol–water partition coefficient (Wildman–Crippen LogP) is 0.655. The van der Waals surface area contributed by atoms with E-state index in [9.17, 15) is 12.7 Å². The Morgan fingerprint density at radius 1 is 1.57 bits per heavy atom. The maximum atomic E-state index is 10.8. The molecule has 1 atom stereocenters. The number of hydrogen-bond donors (Lipinski definition) is 1. The van der Waals surface area contributed by atoms with Crippen LogP contribution in [0.2, 0.25) is 0 Å². The van der Waals surface area contributed by atoms with Crippen molar-refractivity contribution in [1.82, 2.24) is 0 Å². The van der Waals surface area contributed by atoms with Gasteiger partial charge in [-0.3, -0.25) is 4.55 Å². The zero-order valence-electron chi connectivity index (χ0n) is 2.90. The lowest BCUT2D eigenvalue weighted by Gasteiger charge is -1.79. The van der Waals surface area contributed by atoms with Gasteiger partial charge in [0.1, 0.15) is 0 Å². The van der Waals surface area contributed by atoms with Gasteiger partial charge in [0.05, 0.1) is 0 Å². The Labute approximate surface area is 38.1 Å². The summed E-state index contributed by atoms with van der Waals surface area (Å²) in [6, 6.07) is 0. The topological polar surface area (TPSA) is 37.3 Å². The van der Waals surface area contributed by atoms with Gasteiger partial charge in [-0.25, -0.2) is 4.21 Å². The van der Waals surface area contributed by atoms with Crippen LogP contribution in [0.5, 0.6) is 0 Å². The Balaban J connectivity index is 4.67. The van der Waals surface area contributed by atoms with Crippen LogP contribution in [0.3, 0.4) is 0 Å². The molecule has 0 bridgehead atoms. The van der Waals surface area contributed by atoms with Crippen LogP contribution in [0, 0.1) is 0 Å². The Bertz CT molecular complexity index is 154. The summed E-state index contributed by atoms with van der Waals surface area (Å²) in [5.74, 6) is 0. The molecule has 1 N–H and O–H groups in total. The second-order valence-corrected chi connectivity index (χ2v) is 1.91. The highest BCUT2D eigenvalue weighted by Crippen LogP contribution is 1.92. The zero-order valence-corrected chi connectivity index (χ0v) is 3.71. The van der Waals surface area contributed by atoms with E-state index in [1.807, 2.05) is 0 Å². The Morgan fingerprint density at radius 3 is 1.71 bits per heavy atom. The van der Waals surface area contributed by atoms with Gasteiger partial charge in [-0.1, -0.05) is 0 Å². The van der Waals surface area contributed by atoms with E-state index >= 15 is 0 Å². The maximum absolute atomic E-state index is 10.8. The van der Waals surface area contributed by atoms with Crippen molar-refractivity contribution in [2.75, 3.05) is 0 Å². The Hall–Kier alpha value is -0.230. The summed E-state index contributed by atoms with van der Waals surface area (Å²) in [5.41, 5.74) is 0. The van der Waals surface area contributed by atoms with E-state index in [4.69, 9.17) is 8.76 Å². The van der Waals surface area contributed by atoms with Crippen molar-refractivity contribution in [2.45, 2.75) is 0 Å². The molecule has 1 unspecified atom stereocenters. The number of rotatable bonds is 0. The highest BCUT2D eigenvalue weighted by atomic mass is 32.3. The summed E-state index contributed by atoms with van der Waals surface area (Å²) >= 11 is 0. The van der Waals surface area contributed by atoms with E-state index < -0.39 is 15.6 Å². The summed E-state index contributed by atoms with van der Waals surface area (Å²) in [5, 5.41) is -3.09. The van der Waals surface area contributed by atoms with Gasteiger partial charge in [0.2, 0.25) is 0 Å². The van der Waals surface area contributed by atoms with Gasteiger partial charge in [-0.15, -0.1) is 3.89 Å². The molecule has 0 amide bonds. The van der Waals surface area contributed by atoms with E-state index in [-0.39, 0.29) is 0 Å². The van der Waals surface area contributed by atoms with Crippen LogP contribution in [0.15, 0.2) is 0 Å². The van der Waals surface area contributed by atoms with Crippen molar-refractivity contribution in [3.8, 4) is 0 Å². The van der Waals surface area contributed by atoms with Crippen LogP contribution in [0.25, 0.3) is 0 Å². The first-order chi connectivity index (χ1) is 2.94. The fourth-order valence-corrected chi connectivity index (χ4v) is 0. The lowest BCUT2D eigenvalue weighted by atomic mass is 11.7. The standard InChI is InChI=1S/CHF3O2S/c2-1(3)7(4,5)6/h(H,5,6). The largest absolute Gasteiger partial charge is 0.376 e. The molecule has 0 aromatic heterocycles. The third-order valence-corrected chi connectivity index (χ3v) is 0.571. The smallest absolute Gasteiger partial charge is 0.286 e. The zero-order chi connectivity index (χ0) is 6.08. The molecule has 0 saturated heterocycles. The van der Waals surface area contributed by atoms with E-state index in [0.29, 0.717) is 0 Å². The monoisotopic (exact) mass is 134 g/mol. The van der Waals surface area contributed by atoms with Gasteiger partial charge in [-0.2, -0.15) is 8.78 Å². The molecule has 0 saturated carbocycles. The lowest BCUT2D eigenvalue weighted by molar-refractivity contribution is 0.497. The van der Waals surface area contributed by atoms with Gasteiger partial charge in [0, 0.05) is 0 Å². The van der Waals surface area contributed by atoms with Crippen LogP contribution < -0.4 is 0 Å². The van der Waals surface area contributed by atoms with Gasteiger partial charge in [0.25, 0.3) is 0 Å². The first-order valence-corrected chi connectivity index (χ1v) is 2.50. The fraction of sp³-hybridized carbons (Fsp3) is 0. The average molecular weight is 134 g/mol. The van der Waals surface area contributed by atoms with Crippen LogP contribution in [0.4, 0.5) is 12.7 Å². The van der Waals surface area contributed by atoms with Gasteiger partial charge >= 0.3 is 15.6 Å². The first kappa shape index (κ1) is 6.77. The minimum absolute atomic E-state index is 3.09. The molecular weight excluding hydrogens is 133 g/mol. The van der Waals surface area contributed by atoms with Gasteiger partial charge in [-0.05, 0) is 0 Å². The SMILES string of the molecule is O=S(O)(F)=C(F)F. The minimum Gasteiger partial charge on any atom is -0.286 e. The van der Waals surface area contributed by atoms with E-state index in [2.05, 4.69) is 0 Å². The molecule has 0 radical (unpaired) electrons. The third kappa shape index (κ3) is 2.46. The molecule has 0 aromatic rings. The first-order valence-electron chi connectivity index (χ1n) is 1.09. The Morgan fingerprint density at radius 2 is 1.71 bits per heavy atom. The normalized spacial score (nSPS) is 18.3. The molecule has 0 aliphatic carbocycles. The highest BCUT2D eigenvalue weighted by Gasteiger charge is 2.06. The third-order valence-electron chi connectivity index (χ3n) is 0.190. The van der Waals surface area contributed by atoms with E-state index in [0.717, 1.165) is 0 Å². The molecule has 44 valence electrons. The lowest BCUT2D eigenvalue weighted by Crippen LogP contribution is -1.94. The quantitative estimate of drug-likeness (QED) is 0.390. The van der Waals surface area contributed by atoms with Crippen LogP contribution in [0.1, 0.15) is 0 Å². The van der Waals surface area contributed by atoms with Gasteiger partial charge < -0.3 is 0 Å². The molecular formula is CHF3O2S. The Kier molecular flexibility index (Phi) is 1.65. The van der Waals surface area contributed by atoms with Crippen molar-refractivity contribution in [3.05, 3.63) is 0 Å². The van der Waals surface area contributed by atoms with Crippen molar-refractivity contribution in [3.63, 3.8) is 0 Å². The highest BCUT2D eigenvalue weighted by molar-refractivity contribution is 7.91. The van der Waals surface area contributed by atoms with E-state index in [1.54, 1.807) is 0 Å². The second-order valence-electron chi connectivity index (χ2n) is 0.684. The molecule has 0 rings (SSSR count). The molecule has 0 fully saturated rings. The minimum atomic E-state index is -5.41. The van der Waals surface area contributed by atoms with Gasteiger partial charge in [0.15, 0.2) is 0 Å². The maximum Gasteiger partial charge on any atom is 0.376 e. The van der Waals surface area contributed by atoms with Crippen LogP contribution in [-0.2, 0) is 10.2 Å². The average Bonchev–Trinajstić information content (AvgIpc) is 1.31. The van der Waals surface area contributed by atoms with Crippen molar-refractivity contribution >= 4 is 15.6 Å². The molecule has 7 heavy (non-hydrogen) atoms. The van der Waals surface area contributed by atoms with E-state index in [1.165, 1.54) is 0 Å².